The van der Waals surface area contributed by atoms with Crippen molar-refractivity contribution in [2.45, 2.75) is 19.5 Å². The quantitative estimate of drug-likeness (QED) is 0.886. The molecule has 2 aromatic carbocycles. The zero-order chi connectivity index (χ0) is 15.4. The Morgan fingerprint density at radius 3 is 2.57 bits per heavy atom. The number of methoxy groups -OCH3 is 1. The van der Waals surface area contributed by atoms with Gasteiger partial charge in [0.1, 0.15) is 11.5 Å². The first-order chi connectivity index (χ1) is 10.0. The average Bonchev–Trinajstić information content (AvgIpc) is 2.49. The van der Waals surface area contributed by atoms with Gasteiger partial charge in [0.05, 0.1) is 7.11 Å². The summed E-state index contributed by atoms with van der Waals surface area (Å²) in [5, 5.41) is 12.9. The largest absolute Gasteiger partial charge is 0.508 e. The van der Waals surface area contributed by atoms with Crippen molar-refractivity contribution in [3.63, 3.8) is 0 Å². The Labute approximate surface area is 122 Å². The van der Waals surface area contributed by atoms with E-state index in [9.17, 15) is 13.9 Å². The molecule has 0 aromatic heterocycles. The average molecular weight is 293 g/mol. The first-order valence-electron chi connectivity index (χ1n) is 6.55. The number of nitrogens with one attached hydrogen (secondary N) is 1. The number of aromatic hydroxyl groups is 1. The molecule has 1 unspecified atom stereocenters. The molecule has 0 bridgehead atoms. The van der Waals surface area contributed by atoms with Gasteiger partial charge < -0.3 is 15.2 Å². The minimum absolute atomic E-state index is 0.154. The Kier molecular flexibility index (Phi) is 4.75. The maximum atomic E-state index is 13.2. The Balaban J connectivity index is 2.06. The van der Waals surface area contributed by atoms with E-state index in [1.165, 1.54) is 12.1 Å². The van der Waals surface area contributed by atoms with Crippen LogP contribution in [-0.2, 0) is 6.54 Å². The van der Waals surface area contributed by atoms with Gasteiger partial charge in [-0.25, -0.2) is 8.78 Å². The van der Waals surface area contributed by atoms with E-state index < -0.39 is 11.6 Å². The molecule has 0 saturated carbocycles. The van der Waals surface area contributed by atoms with Gasteiger partial charge in [-0.2, -0.15) is 0 Å². The molecule has 2 rings (SSSR count). The van der Waals surface area contributed by atoms with Gasteiger partial charge in [-0.15, -0.1) is 0 Å². The molecule has 21 heavy (non-hydrogen) atoms. The summed E-state index contributed by atoms with van der Waals surface area (Å²) in [4.78, 5) is 0. The van der Waals surface area contributed by atoms with Crippen LogP contribution in [0.2, 0.25) is 0 Å². The van der Waals surface area contributed by atoms with Crippen molar-refractivity contribution in [3.05, 3.63) is 59.2 Å². The first-order valence-corrected chi connectivity index (χ1v) is 6.55. The van der Waals surface area contributed by atoms with Crippen molar-refractivity contribution in [1.82, 2.24) is 5.32 Å². The number of ether oxygens (including phenoxy) is 1. The van der Waals surface area contributed by atoms with Crippen LogP contribution in [0.25, 0.3) is 0 Å². The van der Waals surface area contributed by atoms with E-state index in [4.69, 9.17) is 4.74 Å². The molecule has 3 nitrogen and oxygen atoms in total. The Morgan fingerprint density at radius 2 is 1.90 bits per heavy atom. The minimum Gasteiger partial charge on any atom is -0.508 e. The highest BCUT2D eigenvalue weighted by molar-refractivity contribution is 5.39. The summed E-state index contributed by atoms with van der Waals surface area (Å²) >= 11 is 0. The SMILES string of the molecule is COc1ccc(O)c(CNC(C)c2ccc(F)c(F)c2)c1. The van der Waals surface area contributed by atoms with Crippen molar-refractivity contribution < 1.29 is 18.6 Å². The molecule has 0 amide bonds. The van der Waals surface area contributed by atoms with E-state index in [0.29, 0.717) is 23.4 Å². The lowest BCUT2D eigenvalue weighted by Gasteiger charge is -2.15. The second-order valence-corrected chi connectivity index (χ2v) is 4.77. The van der Waals surface area contributed by atoms with Crippen LogP contribution in [0.5, 0.6) is 11.5 Å². The summed E-state index contributed by atoms with van der Waals surface area (Å²) in [6.45, 7) is 2.22. The summed E-state index contributed by atoms with van der Waals surface area (Å²) in [6.07, 6.45) is 0. The number of phenolic OH excluding ortho intramolecular Hbond substituents is 1. The fourth-order valence-corrected chi connectivity index (χ4v) is 1.99. The van der Waals surface area contributed by atoms with Gasteiger partial charge in [-0.1, -0.05) is 6.07 Å². The van der Waals surface area contributed by atoms with Gasteiger partial charge in [0.25, 0.3) is 0 Å². The molecule has 5 heteroatoms. The van der Waals surface area contributed by atoms with Gasteiger partial charge in [-0.3, -0.25) is 0 Å². The monoisotopic (exact) mass is 293 g/mol. The maximum Gasteiger partial charge on any atom is 0.159 e. The van der Waals surface area contributed by atoms with Crippen LogP contribution in [0.4, 0.5) is 8.78 Å². The van der Waals surface area contributed by atoms with Gasteiger partial charge in [-0.05, 0) is 42.8 Å². The number of phenols is 1. The molecule has 0 heterocycles. The smallest absolute Gasteiger partial charge is 0.159 e. The number of benzene rings is 2. The highest BCUT2D eigenvalue weighted by Gasteiger charge is 2.10. The van der Waals surface area contributed by atoms with Crippen LogP contribution in [0.15, 0.2) is 36.4 Å². The van der Waals surface area contributed by atoms with E-state index in [2.05, 4.69) is 5.32 Å². The highest BCUT2D eigenvalue weighted by Crippen LogP contribution is 2.24. The molecule has 0 aliphatic heterocycles. The molecular weight excluding hydrogens is 276 g/mol. The third-order valence-corrected chi connectivity index (χ3v) is 3.33. The minimum atomic E-state index is -0.870. The zero-order valence-electron chi connectivity index (χ0n) is 11.9. The van der Waals surface area contributed by atoms with Crippen molar-refractivity contribution in [1.29, 1.82) is 0 Å². The fourth-order valence-electron chi connectivity index (χ4n) is 1.99. The normalized spacial score (nSPS) is 12.2. The van der Waals surface area contributed by atoms with Crippen molar-refractivity contribution in [2.24, 2.45) is 0 Å². The number of hydrogen-bond donors (Lipinski definition) is 2. The van der Waals surface area contributed by atoms with E-state index in [0.717, 1.165) is 6.07 Å². The summed E-state index contributed by atoms with van der Waals surface area (Å²) in [6, 6.07) is 8.55. The van der Waals surface area contributed by atoms with E-state index >= 15 is 0 Å². The van der Waals surface area contributed by atoms with Crippen LogP contribution in [0.3, 0.4) is 0 Å². The van der Waals surface area contributed by atoms with Crippen molar-refractivity contribution in [3.8, 4) is 11.5 Å². The molecule has 0 saturated heterocycles. The van der Waals surface area contributed by atoms with Gasteiger partial charge >= 0.3 is 0 Å². The molecule has 0 aliphatic rings. The van der Waals surface area contributed by atoms with Crippen LogP contribution >= 0.6 is 0 Å². The topological polar surface area (TPSA) is 41.5 Å². The standard InChI is InChI=1S/C16H17F2NO2/c1-10(11-3-5-14(17)15(18)8-11)19-9-12-7-13(21-2)4-6-16(12)20/h3-8,10,19-20H,9H2,1-2H3. The van der Waals surface area contributed by atoms with Gasteiger partial charge in [0, 0.05) is 18.2 Å². The number of hydrogen-bond acceptors (Lipinski definition) is 3. The lowest BCUT2D eigenvalue weighted by atomic mass is 10.1. The Hall–Kier alpha value is -2.14. The summed E-state index contributed by atoms with van der Waals surface area (Å²) in [5.41, 5.74) is 1.31. The van der Waals surface area contributed by atoms with Crippen molar-refractivity contribution >= 4 is 0 Å². The Bertz CT molecular complexity index is 632. The summed E-state index contributed by atoms with van der Waals surface area (Å²) in [5.74, 6) is -0.937. The number of halogens is 2. The third-order valence-electron chi connectivity index (χ3n) is 3.33. The number of rotatable bonds is 5. The van der Waals surface area contributed by atoms with Gasteiger partial charge in [0.15, 0.2) is 11.6 Å². The van der Waals surface area contributed by atoms with E-state index in [-0.39, 0.29) is 11.8 Å². The predicted molar refractivity (Wildman–Crippen MR) is 76.3 cm³/mol. The Morgan fingerprint density at radius 1 is 1.14 bits per heavy atom. The second kappa shape index (κ2) is 6.54. The maximum absolute atomic E-state index is 13.2. The lowest BCUT2D eigenvalue weighted by Crippen LogP contribution is -2.18. The zero-order valence-corrected chi connectivity index (χ0v) is 11.9. The lowest BCUT2D eigenvalue weighted by molar-refractivity contribution is 0.409. The summed E-state index contributed by atoms with van der Waals surface area (Å²) < 4.78 is 31.2. The second-order valence-electron chi connectivity index (χ2n) is 4.77. The third kappa shape index (κ3) is 3.70. The molecule has 0 aliphatic carbocycles. The first kappa shape index (κ1) is 15.3. The van der Waals surface area contributed by atoms with Gasteiger partial charge in [0.2, 0.25) is 0 Å². The molecule has 2 aromatic rings. The molecule has 2 N–H and O–H groups in total. The molecule has 112 valence electrons. The summed E-state index contributed by atoms with van der Waals surface area (Å²) in [7, 11) is 1.55. The van der Waals surface area contributed by atoms with Crippen LogP contribution < -0.4 is 10.1 Å². The van der Waals surface area contributed by atoms with Crippen LogP contribution in [0.1, 0.15) is 24.1 Å². The molecule has 0 spiro atoms. The van der Waals surface area contributed by atoms with Crippen molar-refractivity contribution in [2.75, 3.05) is 7.11 Å². The van der Waals surface area contributed by atoms with E-state index in [1.807, 2.05) is 6.92 Å². The molecule has 1 atom stereocenters. The predicted octanol–water partition coefficient (Wildman–Crippen LogP) is 3.53. The van der Waals surface area contributed by atoms with E-state index in [1.54, 1.807) is 25.3 Å². The molecular formula is C16H17F2NO2. The fraction of sp³-hybridized carbons (Fsp3) is 0.250. The van der Waals surface area contributed by atoms with Crippen LogP contribution in [0, 0.1) is 11.6 Å². The highest BCUT2D eigenvalue weighted by atomic mass is 19.2. The molecule has 0 radical (unpaired) electrons. The van der Waals surface area contributed by atoms with Crippen LogP contribution in [-0.4, -0.2) is 12.2 Å². The molecule has 0 fully saturated rings.